The number of amides is 1. The maximum absolute atomic E-state index is 12.0. The molecule has 6 nitrogen and oxygen atoms in total. The minimum atomic E-state index is -3.18. The van der Waals surface area contributed by atoms with E-state index in [-0.39, 0.29) is 24.6 Å². The first kappa shape index (κ1) is 16.8. The van der Waals surface area contributed by atoms with E-state index in [9.17, 15) is 13.2 Å². The van der Waals surface area contributed by atoms with E-state index in [0.717, 1.165) is 6.42 Å². The number of rotatable bonds is 6. The van der Waals surface area contributed by atoms with E-state index in [1.807, 2.05) is 19.1 Å². The van der Waals surface area contributed by atoms with Crippen molar-refractivity contribution in [2.24, 2.45) is 0 Å². The van der Waals surface area contributed by atoms with Crippen LogP contribution in [0.4, 0.5) is 5.69 Å². The number of ether oxygens (including phenoxy) is 1. The second-order valence-corrected chi connectivity index (χ2v) is 7.24. The third-order valence-corrected chi connectivity index (χ3v) is 5.46. The van der Waals surface area contributed by atoms with Gasteiger partial charge in [-0.05, 0) is 31.9 Å². The van der Waals surface area contributed by atoms with Crippen molar-refractivity contribution in [3.8, 4) is 5.75 Å². The zero-order valence-electron chi connectivity index (χ0n) is 12.7. The standard InChI is InChI=1S/C15H22N2O4S/c1-2-21-14-8-4-3-7-13(14)16-15(18)9-11-17-10-5-6-12-22(17,19)20/h3-4,7-8H,2,5-6,9-12H2,1H3,(H,16,18). The lowest BCUT2D eigenvalue weighted by molar-refractivity contribution is -0.116. The van der Waals surface area contributed by atoms with Gasteiger partial charge in [0.1, 0.15) is 5.75 Å². The molecule has 1 amide bonds. The molecule has 22 heavy (non-hydrogen) atoms. The number of nitrogens with zero attached hydrogens (tertiary/aromatic N) is 1. The third-order valence-electron chi connectivity index (χ3n) is 3.50. The molecule has 1 aromatic carbocycles. The zero-order valence-corrected chi connectivity index (χ0v) is 13.6. The summed E-state index contributed by atoms with van der Waals surface area (Å²) in [5.41, 5.74) is 0.607. The van der Waals surface area contributed by atoms with Gasteiger partial charge in [0.15, 0.2) is 0 Å². The molecular formula is C15H22N2O4S. The maximum Gasteiger partial charge on any atom is 0.225 e. The topological polar surface area (TPSA) is 75.7 Å². The van der Waals surface area contributed by atoms with Crippen molar-refractivity contribution in [1.82, 2.24) is 4.31 Å². The molecule has 1 heterocycles. The third kappa shape index (κ3) is 4.45. The van der Waals surface area contributed by atoms with Gasteiger partial charge in [-0.2, -0.15) is 0 Å². The van der Waals surface area contributed by atoms with E-state index in [1.54, 1.807) is 12.1 Å². The number of hydrogen-bond acceptors (Lipinski definition) is 4. The summed E-state index contributed by atoms with van der Waals surface area (Å²) >= 11 is 0. The Bertz CT molecular complexity index is 616. The van der Waals surface area contributed by atoms with E-state index in [2.05, 4.69) is 5.32 Å². The van der Waals surface area contributed by atoms with Crippen molar-refractivity contribution in [1.29, 1.82) is 0 Å². The molecule has 1 fully saturated rings. The average Bonchev–Trinajstić information content (AvgIpc) is 2.48. The summed E-state index contributed by atoms with van der Waals surface area (Å²) in [5.74, 6) is 0.582. The van der Waals surface area contributed by atoms with Crippen LogP contribution in [0.15, 0.2) is 24.3 Å². The lowest BCUT2D eigenvalue weighted by Gasteiger charge is -2.25. The molecule has 1 N–H and O–H groups in total. The van der Waals surface area contributed by atoms with E-state index in [1.165, 1.54) is 4.31 Å². The highest BCUT2D eigenvalue weighted by Gasteiger charge is 2.25. The first-order chi connectivity index (χ1) is 10.5. The fraction of sp³-hybridized carbons (Fsp3) is 0.533. The number of hydrogen-bond donors (Lipinski definition) is 1. The number of carbonyl (C=O) groups is 1. The van der Waals surface area contributed by atoms with Crippen LogP contribution in [0, 0.1) is 0 Å². The van der Waals surface area contributed by atoms with E-state index in [4.69, 9.17) is 4.74 Å². The summed E-state index contributed by atoms with van der Waals surface area (Å²) < 4.78 is 30.6. The average molecular weight is 326 g/mol. The van der Waals surface area contributed by atoms with Crippen LogP contribution >= 0.6 is 0 Å². The Morgan fingerprint density at radius 3 is 2.82 bits per heavy atom. The van der Waals surface area contributed by atoms with Crippen LogP contribution in [0.5, 0.6) is 5.75 Å². The molecule has 0 atom stereocenters. The van der Waals surface area contributed by atoms with Crippen LogP contribution in [-0.2, 0) is 14.8 Å². The number of benzene rings is 1. The molecule has 0 spiro atoms. The Morgan fingerprint density at radius 1 is 1.32 bits per heavy atom. The summed E-state index contributed by atoms with van der Waals surface area (Å²) in [6.07, 6.45) is 1.69. The van der Waals surface area contributed by atoms with Crippen LogP contribution < -0.4 is 10.1 Å². The van der Waals surface area contributed by atoms with Gasteiger partial charge in [0, 0.05) is 19.5 Å². The molecule has 0 aromatic heterocycles. The van der Waals surface area contributed by atoms with Gasteiger partial charge in [-0.15, -0.1) is 0 Å². The molecule has 1 saturated heterocycles. The molecule has 1 aliphatic rings. The monoisotopic (exact) mass is 326 g/mol. The Labute approximate surface area is 131 Å². The van der Waals surface area contributed by atoms with E-state index < -0.39 is 10.0 Å². The zero-order chi connectivity index (χ0) is 16.0. The normalized spacial score (nSPS) is 17.9. The molecule has 1 aliphatic heterocycles. The van der Waals surface area contributed by atoms with Crippen molar-refractivity contribution in [3.05, 3.63) is 24.3 Å². The van der Waals surface area contributed by atoms with Crippen molar-refractivity contribution < 1.29 is 17.9 Å². The Kier molecular flexibility index (Phi) is 5.79. The summed E-state index contributed by atoms with van der Waals surface area (Å²) in [4.78, 5) is 12.0. The van der Waals surface area contributed by atoms with Crippen molar-refractivity contribution in [2.75, 3.05) is 30.8 Å². The van der Waals surface area contributed by atoms with Gasteiger partial charge in [-0.1, -0.05) is 12.1 Å². The van der Waals surface area contributed by atoms with Crippen LogP contribution in [-0.4, -0.2) is 44.1 Å². The highest BCUT2D eigenvalue weighted by molar-refractivity contribution is 7.89. The second kappa shape index (κ2) is 7.60. The molecule has 2 rings (SSSR count). The van der Waals surface area contributed by atoms with Gasteiger partial charge in [-0.25, -0.2) is 12.7 Å². The minimum Gasteiger partial charge on any atom is -0.492 e. The number of nitrogens with one attached hydrogen (secondary N) is 1. The molecule has 0 bridgehead atoms. The molecular weight excluding hydrogens is 304 g/mol. The van der Waals surface area contributed by atoms with Gasteiger partial charge in [0.2, 0.25) is 15.9 Å². The number of sulfonamides is 1. The number of anilines is 1. The van der Waals surface area contributed by atoms with Gasteiger partial charge >= 0.3 is 0 Å². The highest BCUT2D eigenvalue weighted by Crippen LogP contribution is 2.24. The molecule has 0 saturated carbocycles. The van der Waals surface area contributed by atoms with Gasteiger partial charge < -0.3 is 10.1 Å². The molecule has 1 aromatic rings. The summed E-state index contributed by atoms with van der Waals surface area (Å²) in [7, 11) is -3.18. The predicted octanol–water partition coefficient (Wildman–Crippen LogP) is 1.84. The number of carbonyl (C=O) groups excluding carboxylic acids is 1. The largest absolute Gasteiger partial charge is 0.492 e. The summed E-state index contributed by atoms with van der Waals surface area (Å²) in [6.45, 7) is 3.12. The van der Waals surface area contributed by atoms with E-state index in [0.29, 0.717) is 31.0 Å². The molecule has 122 valence electrons. The van der Waals surface area contributed by atoms with E-state index >= 15 is 0 Å². The first-order valence-electron chi connectivity index (χ1n) is 7.52. The second-order valence-electron chi connectivity index (χ2n) is 5.15. The van der Waals surface area contributed by atoms with Crippen LogP contribution in [0.25, 0.3) is 0 Å². The van der Waals surface area contributed by atoms with Gasteiger partial charge in [0.25, 0.3) is 0 Å². The molecule has 0 radical (unpaired) electrons. The van der Waals surface area contributed by atoms with Crippen LogP contribution in [0.2, 0.25) is 0 Å². The lowest BCUT2D eigenvalue weighted by atomic mass is 10.2. The fourth-order valence-corrected chi connectivity index (χ4v) is 3.99. The quantitative estimate of drug-likeness (QED) is 0.865. The van der Waals surface area contributed by atoms with Crippen molar-refractivity contribution in [3.63, 3.8) is 0 Å². The Hall–Kier alpha value is -1.60. The summed E-state index contributed by atoms with van der Waals surface area (Å²) in [5, 5.41) is 2.78. The molecule has 0 unspecified atom stereocenters. The van der Waals surface area contributed by atoms with Crippen LogP contribution in [0.1, 0.15) is 26.2 Å². The van der Waals surface area contributed by atoms with Crippen molar-refractivity contribution in [2.45, 2.75) is 26.2 Å². The Balaban J connectivity index is 1.91. The van der Waals surface area contributed by atoms with Gasteiger partial charge in [0.05, 0.1) is 18.0 Å². The van der Waals surface area contributed by atoms with Crippen molar-refractivity contribution >= 4 is 21.6 Å². The molecule has 0 aliphatic carbocycles. The van der Waals surface area contributed by atoms with Crippen LogP contribution in [0.3, 0.4) is 0 Å². The first-order valence-corrected chi connectivity index (χ1v) is 9.13. The lowest BCUT2D eigenvalue weighted by Crippen LogP contribution is -2.39. The summed E-state index contributed by atoms with van der Waals surface area (Å²) in [6, 6.07) is 7.20. The number of para-hydroxylation sites is 2. The highest BCUT2D eigenvalue weighted by atomic mass is 32.2. The Morgan fingerprint density at radius 2 is 2.09 bits per heavy atom. The fourth-order valence-electron chi connectivity index (χ4n) is 2.38. The van der Waals surface area contributed by atoms with Gasteiger partial charge in [-0.3, -0.25) is 4.79 Å². The minimum absolute atomic E-state index is 0.139. The molecule has 7 heteroatoms. The smallest absolute Gasteiger partial charge is 0.225 e. The SMILES string of the molecule is CCOc1ccccc1NC(=O)CCN1CCCCS1(=O)=O. The maximum atomic E-state index is 12.0. The predicted molar refractivity (Wildman–Crippen MR) is 85.5 cm³/mol.